The number of hydrogen-bond donors (Lipinski definition) is 0. The summed E-state index contributed by atoms with van der Waals surface area (Å²) in [7, 11) is 0. The van der Waals surface area contributed by atoms with Crippen molar-refractivity contribution in [1.82, 2.24) is 4.98 Å². The number of nitrogens with zero attached hydrogens (tertiary/aromatic N) is 2. The van der Waals surface area contributed by atoms with Crippen molar-refractivity contribution < 1.29 is 4.39 Å². The highest BCUT2D eigenvalue weighted by Crippen LogP contribution is 2.41. The van der Waals surface area contributed by atoms with Gasteiger partial charge in [-0.05, 0) is 32.0 Å². The lowest BCUT2D eigenvalue weighted by Gasteiger charge is -2.28. The lowest BCUT2D eigenvalue weighted by Crippen LogP contribution is -2.22. The van der Waals surface area contributed by atoms with Gasteiger partial charge in [-0.25, -0.2) is 4.39 Å². The fraction of sp³-hybridized carbons (Fsp3) is 0.158. The minimum Gasteiger partial charge on any atom is -0.267 e. The standard InChI is InChI=1S/C19H15FN2S/c1-19(2)22-17(14-7-3-4-9-16(14)23-19)13-10-12-6-5-8-15(20)18(12)21-11-13/h3-11H,1-2H3. The normalized spacial score (nSPS) is 16.0. The summed E-state index contributed by atoms with van der Waals surface area (Å²) in [4.78, 5) is 10.2. The quantitative estimate of drug-likeness (QED) is 0.626. The third-order valence-electron chi connectivity index (χ3n) is 3.82. The predicted octanol–water partition coefficient (Wildman–Crippen LogP) is 5.05. The van der Waals surface area contributed by atoms with Crippen molar-refractivity contribution in [3.63, 3.8) is 0 Å². The summed E-state index contributed by atoms with van der Waals surface area (Å²) in [5.41, 5.74) is 3.34. The molecule has 3 aromatic rings. The highest BCUT2D eigenvalue weighted by Gasteiger charge is 2.28. The molecule has 1 aliphatic rings. The Hall–Kier alpha value is -2.20. The van der Waals surface area contributed by atoms with Gasteiger partial charge >= 0.3 is 0 Å². The number of hydrogen-bond acceptors (Lipinski definition) is 3. The van der Waals surface area contributed by atoms with Gasteiger partial charge in [0, 0.05) is 27.6 Å². The maximum Gasteiger partial charge on any atom is 0.149 e. The number of benzene rings is 2. The molecule has 1 aliphatic heterocycles. The molecule has 0 fully saturated rings. The molecule has 2 nitrogen and oxygen atoms in total. The van der Waals surface area contributed by atoms with Crippen LogP contribution in [0.15, 0.2) is 64.6 Å². The highest BCUT2D eigenvalue weighted by molar-refractivity contribution is 8.00. The largest absolute Gasteiger partial charge is 0.267 e. The molecule has 0 amide bonds. The zero-order valence-corrected chi connectivity index (χ0v) is 13.7. The number of halogens is 1. The van der Waals surface area contributed by atoms with E-state index < -0.39 is 0 Å². The van der Waals surface area contributed by atoms with Crippen molar-refractivity contribution in [3.05, 3.63) is 71.7 Å². The summed E-state index contributed by atoms with van der Waals surface area (Å²) < 4.78 is 13.8. The van der Waals surface area contributed by atoms with Crippen molar-refractivity contribution in [2.24, 2.45) is 4.99 Å². The molecule has 4 heteroatoms. The Bertz CT molecular complexity index is 947. The fourth-order valence-corrected chi connectivity index (χ4v) is 3.94. The molecule has 23 heavy (non-hydrogen) atoms. The Kier molecular flexibility index (Phi) is 3.23. The van der Waals surface area contributed by atoms with Gasteiger partial charge in [0.05, 0.1) is 5.71 Å². The first-order valence-electron chi connectivity index (χ1n) is 7.46. The molecule has 0 spiro atoms. The fourth-order valence-electron chi connectivity index (χ4n) is 2.85. The molecule has 2 heterocycles. The van der Waals surface area contributed by atoms with Crippen molar-refractivity contribution in [1.29, 1.82) is 0 Å². The van der Waals surface area contributed by atoms with Gasteiger partial charge in [0.2, 0.25) is 0 Å². The van der Waals surface area contributed by atoms with E-state index in [0.717, 1.165) is 22.2 Å². The van der Waals surface area contributed by atoms with Gasteiger partial charge in [0.25, 0.3) is 0 Å². The number of aromatic nitrogens is 1. The first-order valence-corrected chi connectivity index (χ1v) is 8.28. The first kappa shape index (κ1) is 14.4. The Morgan fingerprint density at radius 3 is 2.74 bits per heavy atom. The van der Waals surface area contributed by atoms with E-state index >= 15 is 0 Å². The van der Waals surface area contributed by atoms with E-state index in [9.17, 15) is 4.39 Å². The predicted molar refractivity (Wildman–Crippen MR) is 93.7 cm³/mol. The lowest BCUT2D eigenvalue weighted by atomic mass is 10.0. The Labute approximate surface area is 138 Å². The monoisotopic (exact) mass is 322 g/mol. The number of para-hydroxylation sites is 1. The van der Waals surface area contributed by atoms with Gasteiger partial charge in [0.15, 0.2) is 0 Å². The number of aliphatic imine (C=N–C) groups is 1. The van der Waals surface area contributed by atoms with E-state index in [4.69, 9.17) is 4.99 Å². The van der Waals surface area contributed by atoms with Crippen molar-refractivity contribution in [3.8, 4) is 0 Å². The van der Waals surface area contributed by atoms with Gasteiger partial charge in [-0.1, -0.05) is 42.1 Å². The van der Waals surface area contributed by atoms with E-state index in [1.54, 1.807) is 24.0 Å². The molecule has 0 radical (unpaired) electrons. The topological polar surface area (TPSA) is 25.2 Å². The molecule has 0 atom stereocenters. The van der Waals surface area contributed by atoms with Crippen LogP contribution in [0.2, 0.25) is 0 Å². The summed E-state index contributed by atoms with van der Waals surface area (Å²) in [6.45, 7) is 4.20. The maximum absolute atomic E-state index is 13.8. The lowest BCUT2D eigenvalue weighted by molar-refractivity contribution is 0.637. The van der Waals surface area contributed by atoms with Gasteiger partial charge in [-0.3, -0.25) is 9.98 Å². The molecule has 4 rings (SSSR count). The minimum absolute atomic E-state index is 0.236. The third-order valence-corrected chi connectivity index (χ3v) is 4.98. The number of rotatable bonds is 1. The molecule has 1 aromatic heterocycles. The second-order valence-corrected chi connectivity index (χ2v) is 7.68. The number of pyridine rings is 1. The number of fused-ring (bicyclic) bond motifs is 2. The molecule has 2 aromatic carbocycles. The zero-order chi connectivity index (χ0) is 16.0. The van der Waals surface area contributed by atoms with Crippen LogP contribution < -0.4 is 0 Å². The van der Waals surface area contributed by atoms with Gasteiger partial charge in [0.1, 0.15) is 16.2 Å². The smallest absolute Gasteiger partial charge is 0.149 e. The summed E-state index contributed by atoms with van der Waals surface area (Å²) in [5.74, 6) is -0.295. The van der Waals surface area contributed by atoms with Crippen LogP contribution in [0.25, 0.3) is 10.9 Å². The van der Waals surface area contributed by atoms with E-state index in [1.165, 1.54) is 11.0 Å². The second-order valence-electron chi connectivity index (χ2n) is 6.04. The Morgan fingerprint density at radius 2 is 1.87 bits per heavy atom. The van der Waals surface area contributed by atoms with Crippen LogP contribution in [0, 0.1) is 5.82 Å². The van der Waals surface area contributed by atoms with Crippen molar-refractivity contribution in [2.75, 3.05) is 0 Å². The summed E-state index contributed by atoms with van der Waals surface area (Å²) in [5, 5.41) is 0.790. The van der Waals surface area contributed by atoms with Crippen LogP contribution in [-0.4, -0.2) is 15.6 Å². The molecular weight excluding hydrogens is 307 g/mol. The minimum atomic E-state index is -0.295. The van der Waals surface area contributed by atoms with Crippen molar-refractivity contribution >= 4 is 28.4 Å². The highest BCUT2D eigenvalue weighted by atomic mass is 32.2. The second kappa shape index (κ2) is 5.17. The Morgan fingerprint density at radius 1 is 1.04 bits per heavy atom. The SMILES string of the molecule is CC1(C)N=C(c2cnc3c(F)cccc3c2)c2ccccc2S1. The van der Waals surface area contributed by atoms with Crippen LogP contribution in [0.4, 0.5) is 4.39 Å². The molecule has 0 saturated heterocycles. The molecule has 0 unspecified atom stereocenters. The first-order chi connectivity index (χ1) is 11.0. The molecular formula is C19H15FN2S. The van der Waals surface area contributed by atoms with Crippen LogP contribution in [0.5, 0.6) is 0 Å². The third kappa shape index (κ3) is 2.53. The molecule has 0 saturated carbocycles. The molecule has 114 valence electrons. The van der Waals surface area contributed by atoms with Crippen LogP contribution in [0.1, 0.15) is 25.0 Å². The van der Waals surface area contributed by atoms with E-state index in [1.807, 2.05) is 24.3 Å². The zero-order valence-electron chi connectivity index (χ0n) is 12.9. The average Bonchev–Trinajstić information content (AvgIpc) is 2.53. The maximum atomic E-state index is 13.8. The van der Waals surface area contributed by atoms with Crippen LogP contribution in [0.3, 0.4) is 0 Å². The van der Waals surface area contributed by atoms with Crippen molar-refractivity contribution in [2.45, 2.75) is 23.6 Å². The molecule has 0 bridgehead atoms. The molecule has 0 N–H and O–H groups in total. The summed E-state index contributed by atoms with van der Waals surface area (Å²) >= 11 is 1.75. The van der Waals surface area contributed by atoms with Crippen LogP contribution >= 0.6 is 11.8 Å². The Balaban J connectivity index is 1.94. The van der Waals surface area contributed by atoms with Gasteiger partial charge < -0.3 is 0 Å². The van der Waals surface area contributed by atoms with Gasteiger partial charge in [-0.15, -0.1) is 0 Å². The number of thioether (sulfide) groups is 1. The van der Waals surface area contributed by atoms with Gasteiger partial charge in [-0.2, -0.15) is 0 Å². The van der Waals surface area contributed by atoms with Crippen LogP contribution in [-0.2, 0) is 0 Å². The van der Waals surface area contributed by atoms with E-state index in [2.05, 4.69) is 31.0 Å². The average molecular weight is 322 g/mol. The summed E-state index contributed by atoms with van der Waals surface area (Å²) in [6, 6.07) is 15.2. The summed E-state index contributed by atoms with van der Waals surface area (Å²) in [6.07, 6.45) is 1.72. The van der Waals surface area contributed by atoms with E-state index in [-0.39, 0.29) is 10.7 Å². The van der Waals surface area contributed by atoms with E-state index in [0.29, 0.717) is 5.52 Å². The molecule has 0 aliphatic carbocycles.